The Morgan fingerprint density at radius 3 is 2.71 bits per heavy atom. The summed E-state index contributed by atoms with van der Waals surface area (Å²) < 4.78 is 10.8. The van der Waals surface area contributed by atoms with E-state index in [1.54, 1.807) is 7.11 Å². The summed E-state index contributed by atoms with van der Waals surface area (Å²) in [5, 5.41) is 0.819. The van der Waals surface area contributed by atoms with Gasteiger partial charge in [0.25, 0.3) is 0 Å². The second-order valence-corrected chi connectivity index (χ2v) is 5.74. The summed E-state index contributed by atoms with van der Waals surface area (Å²) in [6.45, 7) is 4.76. The van der Waals surface area contributed by atoms with Crippen molar-refractivity contribution in [2.45, 2.75) is 12.8 Å². The maximum atomic E-state index is 6.35. The van der Waals surface area contributed by atoms with E-state index in [1.807, 2.05) is 12.1 Å². The SMILES string of the molecule is Br.COc1ccc(Cl)c2c1CCC(CN1CCOCC1)=C2. The zero-order valence-corrected chi connectivity index (χ0v) is 14.7. The second-order valence-electron chi connectivity index (χ2n) is 5.33. The van der Waals surface area contributed by atoms with E-state index >= 15 is 0 Å². The minimum absolute atomic E-state index is 0. The van der Waals surface area contributed by atoms with Gasteiger partial charge in [-0.15, -0.1) is 17.0 Å². The molecular formula is C16H21BrClNO2. The van der Waals surface area contributed by atoms with E-state index in [4.69, 9.17) is 21.1 Å². The molecule has 3 rings (SSSR count). The first kappa shape index (κ1) is 16.8. The quantitative estimate of drug-likeness (QED) is 0.807. The molecule has 0 atom stereocenters. The van der Waals surface area contributed by atoms with Gasteiger partial charge >= 0.3 is 0 Å². The number of rotatable bonds is 3. The van der Waals surface area contributed by atoms with Crippen LogP contribution in [0.1, 0.15) is 17.5 Å². The Bertz CT molecular complexity index is 527. The molecule has 1 aromatic carbocycles. The van der Waals surface area contributed by atoms with Gasteiger partial charge in [-0.1, -0.05) is 23.3 Å². The highest BCUT2D eigenvalue weighted by Crippen LogP contribution is 2.35. The first-order valence-corrected chi connectivity index (χ1v) is 7.50. The smallest absolute Gasteiger partial charge is 0.122 e. The molecule has 0 bridgehead atoms. The van der Waals surface area contributed by atoms with Crippen molar-refractivity contribution in [2.24, 2.45) is 0 Å². The van der Waals surface area contributed by atoms with Crippen molar-refractivity contribution in [1.82, 2.24) is 4.90 Å². The minimum Gasteiger partial charge on any atom is -0.496 e. The molecule has 0 aromatic heterocycles. The molecule has 1 heterocycles. The lowest BCUT2D eigenvalue weighted by Crippen LogP contribution is -2.37. The lowest BCUT2D eigenvalue weighted by atomic mass is 9.91. The minimum atomic E-state index is 0. The summed E-state index contributed by atoms with van der Waals surface area (Å²) in [5.74, 6) is 0.950. The first-order chi connectivity index (χ1) is 9.78. The van der Waals surface area contributed by atoms with E-state index in [1.165, 1.54) is 11.1 Å². The van der Waals surface area contributed by atoms with Crippen LogP contribution in [-0.4, -0.2) is 44.9 Å². The number of ether oxygens (including phenoxy) is 2. The molecule has 0 saturated carbocycles. The number of methoxy groups -OCH3 is 1. The van der Waals surface area contributed by atoms with Crippen LogP contribution in [0, 0.1) is 0 Å². The third kappa shape index (κ3) is 3.81. The molecule has 0 unspecified atom stereocenters. The molecule has 1 aliphatic heterocycles. The molecule has 1 saturated heterocycles. The van der Waals surface area contributed by atoms with Gasteiger partial charge in [0.1, 0.15) is 5.75 Å². The van der Waals surface area contributed by atoms with Crippen LogP contribution in [-0.2, 0) is 11.2 Å². The monoisotopic (exact) mass is 373 g/mol. The zero-order chi connectivity index (χ0) is 13.9. The van der Waals surface area contributed by atoms with Gasteiger partial charge in [0.05, 0.1) is 20.3 Å². The molecule has 0 radical (unpaired) electrons. The summed E-state index contributed by atoms with van der Waals surface area (Å²) in [6, 6.07) is 3.88. The van der Waals surface area contributed by atoms with Crippen LogP contribution in [0.5, 0.6) is 5.75 Å². The van der Waals surface area contributed by atoms with Gasteiger partial charge in [-0.25, -0.2) is 0 Å². The molecule has 1 aromatic rings. The fourth-order valence-electron chi connectivity index (χ4n) is 2.95. The summed E-state index contributed by atoms with van der Waals surface area (Å²) in [7, 11) is 1.72. The summed E-state index contributed by atoms with van der Waals surface area (Å²) in [5.41, 5.74) is 3.83. The average Bonchev–Trinajstić information content (AvgIpc) is 2.49. The Morgan fingerprint density at radius 2 is 2.00 bits per heavy atom. The van der Waals surface area contributed by atoms with Crippen molar-refractivity contribution in [1.29, 1.82) is 0 Å². The predicted octanol–water partition coefficient (Wildman–Crippen LogP) is 3.59. The molecular weight excluding hydrogens is 354 g/mol. The molecule has 1 fully saturated rings. The number of hydrogen-bond donors (Lipinski definition) is 0. The highest BCUT2D eigenvalue weighted by atomic mass is 79.9. The highest BCUT2D eigenvalue weighted by Gasteiger charge is 2.19. The van der Waals surface area contributed by atoms with Gasteiger partial charge < -0.3 is 9.47 Å². The lowest BCUT2D eigenvalue weighted by molar-refractivity contribution is 0.0420. The van der Waals surface area contributed by atoms with Crippen molar-refractivity contribution < 1.29 is 9.47 Å². The van der Waals surface area contributed by atoms with E-state index < -0.39 is 0 Å². The summed E-state index contributed by atoms with van der Waals surface area (Å²) in [4.78, 5) is 2.45. The lowest BCUT2D eigenvalue weighted by Gasteiger charge is -2.29. The maximum Gasteiger partial charge on any atom is 0.122 e. The number of nitrogens with zero attached hydrogens (tertiary/aromatic N) is 1. The second kappa shape index (κ2) is 7.63. The average molecular weight is 375 g/mol. The maximum absolute atomic E-state index is 6.35. The van der Waals surface area contributed by atoms with E-state index in [-0.39, 0.29) is 17.0 Å². The van der Waals surface area contributed by atoms with Crippen LogP contribution >= 0.6 is 28.6 Å². The van der Waals surface area contributed by atoms with Crippen LogP contribution in [0.25, 0.3) is 6.08 Å². The van der Waals surface area contributed by atoms with Crippen molar-refractivity contribution >= 4 is 34.7 Å². The number of benzene rings is 1. The third-order valence-corrected chi connectivity index (χ3v) is 4.39. The number of hydrogen-bond acceptors (Lipinski definition) is 3. The molecule has 5 heteroatoms. The normalized spacial score (nSPS) is 18.5. The largest absolute Gasteiger partial charge is 0.496 e. The van der Waals surface area contributed by atoms with Crippen molar-refractivity contribution in [3.8, 4) is 5.75 Å². The van der Waals surface area contributed by atoms with Gasteiger partial charge in [0.15, 0.2) is 0 Å². The van der Waals surface area contributed by atoms with E-state index in [0.717, 1.165) is 62.0 Å². The molecule has 0 N–H and O–H groups in total. The van der Waals surface area contributed by atoms with E-state index in [0.29, 0.717) is 0 Å². The Balaban J connectivity index is 0.00000161. The van der Waals surface area contributed by atoms with Gasteiger partial charge in [-0.05, 0) is 30.5 Å². The molecule has 21 heavy (non-hydrogen) atoms. The zero-order valence-electron chi connectivity index (χ0n) is 12.2. The standard InChI is InChI=1S/C16H20ClNO2.BrH/c1-19-16-5-4-15(17)14-10-12(2-3-13(14)16)11-18-6-8-20-9-7-18;/h4-5,10H,2-3,6-9,11H2,1H3;1H. The molecule has 3 nitrogen and oxygen atoms in total. The molecule has 0 amide bonds. The molecule has 1 aliphatic carbocycles. The van der Waals surface area contributed by atoms with Crippen LogP contribution in [0.4, 0.5) is 0 Å². The van der Waals surface area contributed by atoms with Crippen LogP contribution in [0.2, 0.25) is 5.02 Å². The van der Waals surface area contributed by atoms with E-state index in [2.05, 4.69) is 11.0 Å². The Hall–Kier alpha value is -0.550. The van der Waals surface area contributed by atoms with Crippen molar-refractivity contribution in [3.63, 3.8) is 0 Å². The van der Waals surface area contributed by atoms with Gasteiger partial charge in [-0.2, -0.15) is 0 Å². The Labute approximate surface area is 141 Å². The topological polar surface area (TPSA) is 21.7 Å². The number of halogens is 2. The van der Waals surface area contributed by atoms with Crippen molar-refractivity contribution in [2.75, 3.05) is 40.0 Å². The summed E-state index contributed by atoms with van der Waals surface area (Å²) in [6.07, 6.45) is 4.34. The van der Waals surface area contributed by atoms with Gasteiger partial charge in [-0.3, -0.25) is 4.90 Å². The molecule has 0 spiro atoms. The molecule has 116 valence electrons. The third-order valence-electron chi connectivity index (χ3n) is 4.06. The molecule has 2 aliphatic rings. The highest BCUT2D eigenvalue weighted by molar-refractivity contribution is 8.93. The van der Waals surface area contributed by atoms with Crippen molar-refractivity contribution in [3.05, 3.63) is 33.9 Å². The number of fused-ring (bicyclic) bond motifs is 1. The fraction of sp³-hybridized carbons (Fsp3) is 0.500. The fourth-order valence-corrected chi connectivity index (χ4v) is 3.19. The Kier molecular flexibility index (Phi) is 6.11. The first-order valence-electron chi connectivity index (χ1n) is 7.13. The van der Waals surface area contributed by atoms with Crippen LogP contribution in [0.3, 0.4) is 0 Å². The van der Waals surface area contributed by atoms with E-state index in [9.17, 15) is 0 Å². The number of morpholine rings is 1. The van der Waals surface area contributed by atoms with Gasteiger partial charge in [0.2, 0.25) is 0 Å². The van der Waals surface area contributed by atoms with Crippen LogP contribution < -0.4 is 4.74 Å². The predicted molar refractivity (Wildman–Crippen MR) is 91.9 cm³/mol. The summed E-state index contributed by atoms with van der Waals surface area (Å²) >= 11 is 6.35. The van der Waals surface area contributed by atoms with Gasteiger partial charge in [0, 0.05) is 30.2 Å². The van der Waals surface area contributed by atoms with Crippen LogP contribution in [0.15, 0.2) is 17.7 Å². The Morgan fingerprint density at radius 1 is 1.24 bits per heavy atom.